The Morgan fingerprint density at radius 2 is 2.20 bits per heavy atom. The molecule has 2 heterocycles. The summed E-state index contributed by atoms with van der Waals surface area (Å²) in [6.07, 6.45) is 0.248. The molecule has 2 rings (SSSR count). The van der Waals surface area contributed by atoms with E-state index >= 15 is 0 Å². The first kappa shape index (κ1) is 15.5. The van der Waals surface area contributed by atoms with Crippen molar-refractivity contribution >= 4 is 39.3 Å². The van der Waals surface area contributed by atoms with Crippen LogP contribution in [-0.2, 0) is 6.42 Å². The smallest absolute Gasteiger partial charge is 0.225 e. The second kappa shape index (κ2) is 7.21. The van der Waals surface area contributed by atoms with Crippen molar-refractivity contribution in [1.82, 2.24) is 9.97 Å². The highest BCUT2D eigenvalue weighted by molar-refractivity contribution is 7.99. The van der Waals surface area contributed by atoms with E-state index in [0.29, 0.717) is 11.7 Å². The predicted molar refractivity (Wildman–Crippen MR) is 84.8 cm³/mol. The molecule has 3 N–H and O–H groups in total. The number of rotatable bonds is 7. The van der Waals surface area contributed by atoms with Crippen LogP contribution in [0.25, 0.3) is 10.2 Å². The van der Waals surface area contributed by atoms with Crippen molar-refractivity contribution in [2.24, 2.45) is 0 Å². The molecule has 0 saturated heterocycles. The van der Waals surface area contributed by atoms with E-state index in [4.69, 9.17) is 5.11 Å². The zero-order valence-corrected chi connectivity index (χ0v) is 13.2. The van der Waals surface area contributed by atoms with Crippen LogP contribution >= 0.6 is 23.1 Å². The van der Waals surface area contributed by atoms with E-state index in [1.165, 1.54) is 16.6 Å². The highest BCUT2D eigenvalue weighted by atomic mass is 32.2. The third-order valence-electron chi connectivity index (χ3n) is 2.72. The molecule has 0 amide bonds. The first-order valence-electron chi connectivity index (χ1n) is 6.64. The molecule has 0 radical (unpaired) electrons. The first-order chi connectivity index (χ1) is 9.67. The zero-order chi connectivity index (χ0) is 14.5. The SMILES string of the molecule is CCNc1nc(SCC(O)CO)c2cc(CC)sc2n1. The molecule has 5 nitrogen and oxygen atoms in total. The van der Waals surface area contributed by atoms with Gasteiger partial charge in [0.25, 0.3) is 0 Å². The molecule has 0 bridgehead atoms. The lowest BCUT2D eigenvalue weighted by Crippen LogP contribution is -2.14. The fourth-order valence-corrected chi connectivity index (χ4v) is 3.64. The van der Waals surface area contributed by atoms with Gasteiger partial charge in [0.2, 0.25) is 5.95 Å². The topological polar surface area (TPSA) is 78.3 Å². The van der Waals surface area contributed by atoms with Gasteiger partial charge in [0.05, 0.1) is 12.7 Å². The Labute approximate surface area is 126 Å². The third-order valence-corrected chi connectivity index (χ3v) is 5.02. The Morgan fingerprint density at radius 1 is 1.40 bits per heavy atom. The summed E-state index contributed by atoms with van der Waals surface area (Å²) >= 11 is 3.13. The third kappa shape index (κ3) is 3.60. The average molecular weight is 313 g/mol. The number of anilines is 1. The number of fused-ring (bicyclic) bond motifs is 1. The molecule has 2 aromatic heterocycles. The molecule has 1 unspecified atom stereocenters. The number of aryl methyl sites for hydroxylation is 1. The second-order valence-corrected chi connectivity index (χ2v) is 6.44. The summed E-state index contributed by atoms with van der Waals surface area (Å²) in [6, 6.07) is 2.11. The van der Waals surface area contributed by atoms with Crippen LogP contribution in [0.1, 0.15) is 18.7 Å². The van der Waals surface area contributed by atoms with Gasteiger partial charge < -0.3 is 15.5 Å². The maximum atomic E-state index is 9.49. The number of aromatic nitrogens is 2. The van der Waals surface area contributed by atoms with Gasteiger partial charge in [-0.2, -0.15) is 0 Å². The van der Waals surface area contributed by atoms with E-state index in [2.05, 4.69) is 28.3 Å². The largest absolute Gasteiger partial charge is 0.394 e. The molecule has 0 aliphatic rings. The van der Waals surface area contributed by atoms with Crippen LogP contribution in [0.2, 0.25) is 0 Å². The minimum atomic E-state index is -0.725. The molecular weight excluding hydrogens is 294 g/mol. The van der Waals surface area contributed by atoms with E-state index in [-0.39, 0.29) is 6.61 Å². The Balaban J connectivity index is 2.34. The van der Waals surface area contributed by atoms with Gasteiger partial charge >= 0.3 is 0 Å². The molecule has 0 aromatic carbocycles. The van der Waals surface area contributed by atoms with Gasteiger partial charge in [0, 0.05) is 22.6 Å². The Hall–Kier alpha value is -0.890. The maximum Gasteiger partial charge on any atom is 0.225 e. The lowest BCUT2D eigenvalue weighted by molar-refractivity contribution is 0.113. The number of aliphatic hydroxyl groups is 2. The number of nitrogens with zero attached hydrogens (tertiary/aromatic N) is 2. The van der Waals surface area contributed by atoms with Crippen LogP contribution < -0.4 is 5.32 Å². The standard InChI is InChI=1S/C13H19N3O2S2/c1-3-9-5-10-11(19-7-8(18)6-17)15-13(14-4-2)16-12(10)20-9/h5,8,17-18H,3-4,6-7H2,1-2H3,(H,14,15,16). The molecule has 7 heteroatoms. The fourth-order valence-electron chi connectivity index (χ4n) is 1.69. The summed E-state index contributed by atoms with van der Waals surface area (Å²) in [4.78, 5) is 11.2. The zero-order valence-electron chi connectivity index (χ0n) is 11.6. The summed E-state index contributed by atoms with van der Waals surface area (Å²) in [7, 11) is 0. The Bertz CT molecular complexity index is 574. The summed E-state index contributed by atoms with van der Waals surface area (Å²) < 4.78 is 0. The summed E-state index contributed by atoms with van der Waals surface area (Å²) in [5.41, 5.74) is 0. The molecule has 0 aliphatic carbocycles. The van der Waals surface area contributed by atoms with Crippen molar-refractivity contribution in [2.75, 3.05) is 24.2 Å². The van der Waals surface area contributed by atoms with Gasteiger partial charge in [0.1, 0.15) is 9.86 Å². The summed E-state index contributed by atoms with van der Waals surface area (Å²) in [5.74, 6) is 1.04. The number of hydrogen-bond acceptors (Lipinski definition) is 7. The van der Waals surface area contributed by atoms with Crippen LogP contribution in [0.4, 0.5) is 5.95 Å². The van der Waals surface area contributed by atoms with Crippen molar-refractivity contribution in [2.45, 2.75) is 31.4 Å². The maximum absolute atomic E-state index is 9.49. The van der Waals surface area contributed by atoms with Gasteiger partial charge in [-0.25, -0.2) is 9.97 Å². The molecule has 0 saturated carbocycles. The highest BCUT2D eigenvalue weighted by Crippen LogP contribution is 2.32. The van der Waals surface area contributed by atoms with Crippen LogP contribution in [0.15, 0.2) is 11.1 Å². The van der Waals surface area contributed by atoms with Crippen LogP contribution in [-0.4, -0.2) is 45.2 Å². The summed E-state index contributed by atoms with van der Waals surface area (Å²) in [5, 5.41) is 23.4. The normalized spacial score (nSPS) is 12.8. The average Bonchev–Trinajstić information content (AvgIpc) is 2.87. The van der Waals surface area contributed by atoms with E-state index < -0.39 is 6.10 Å². The van der Waals surface area contributed by atoms with Gasteiger partial charge in [-0.1, -0.05) is 6.92 Å². The van der Waals surface area contributed by atoms with Crippen molar-refractivity contribution in [3.8, 4) is 0 Å². The van der Waals surface area contributed by atoms with E-state index in [9.17, 15) is 5.11 Å². The number of thioether (sulfide) groups is 1. The van der Waals surface area contributed by atoms with Gasteiger partial charge in [-0.3, -0.25) is 0 Å². The van der Waals surface area contributed by atoms with Gasteiger partial charge in [-0.15, -0.1) is 23.1 Å². The Morgan fingerprint density at radius 3 is 2.85 bits per heavy atom. The molecule has 1 atom stereocenters. The Kier molecular flexibility index (Phi) is 5.59. The van der Waals surface area contributed by atoms with Gasteiger partial charge in [0.15, 0.2) is 0 Å². The van der Waals surface area contributed by atoms with Crippen molar-refractivity contribution in [1.29, 1.82) is 0 Å². The van der Waals surface area contributed by atoms with Crippen molar-refractivity contribution < 1.29 is 10.2 Å². The molecule has 20 heavy (non-hydrogen) atoms. The first-order valence-corrected chi connectivity index (χ1v) is 8.44. The predicted octanol–water partition coefficient (Wildman–Crippen LogP) is 2.13. The van der Waals surface area contributed by atoms with E-state index in [0.717, 1.165) is 28.2 Å². The van der Waals surface area contributed by atoms with Crippen LogP contribution in [0.5, 0.6) is 0 Å². The molecule has 0 fully saturated rings. The molecule has 110 valence electrons. The minimum absolute atomic E-state index is 0.231. The quantitative estimate of drug-likeness (QED) is 0.537. The molecule has 0 aliphatic heterocycles. The fraction of sp³-hybridized carbons (Fsp3) is 0.538. The summed E-state index contributed by atoms with van der Waals surface area (Å²) in [6.45, 7) is 4.65. The lowest BCUT2D eigenvalue weighted by Gasteiger charge is -2.08. The molecule has 0 spiro atoms. The molecular formula is C13H19N3O2S2. The second-order valence-electron chi connectivity index (χ2n) is 4.32. The highest BCUT2D eigenvalue weighted by Gasteiger charge is 2.13. The number of nitrogens with one attached hydrogen (secondary N) is 1. The van der Waals surface area contributed by atoms with E-state index in [1.54, 1.807) is 11.3 Å². The number of hydrogen-bond donors (Lipinski definition) is 3. The number of aliphatic hydroxyl groups excluding tert-OH is 2. The minimum Gasteiger partial charge on any atom is -0.394 e. The van der Waals surface area contributed by atoms with Gasteiger partial charge in [-0.05, 0) is 19.4 Å². The monoisotopic (exact) mass is 313 g/mol. The lowest BCUT2D eigenvalue weighted by atomic mass is 10.3. The molecule has 2 aromatic rings. The number of thiophene rings is 1. The van der Waals surface area contributed by atoms with Crippen LogP contribution in [0, 0.1) is 0 Å². The van der Waals surface area contributed by atoms with Crippen LogP contribution in [0.3, 0.4) is 0 Å². The van der Waals surface area contributed by atoms with Crippen molar-refractivity contribution in [3.63, 3.8) is 0 Å². The van der Waals surface area contributed by atoms with E-state index in [1.807, 2.05) is 6.92 Å². The van der Waals surface area contributed by atoms with Crippen molar-refractivity contribution in [3.05, 3.63) is 10.9 Å².